The average Bonchev–Trinajstić information content (AvgIpc) is 3.71. The van der Waals surface area contributed by atoms with Crippen LogP contribution in [0, 0.1) is 17.2 Å². The minimum atomic E-state index is -0.0232. The molecule has 4 heterocycles. The van der Waals surface area contributed by atoms with Gasteiger partial charge in [-0.15, -0.1) is 0 Å². The Morgan fingerprint density at radius 2 is 1.88 bits per heavy atom. The molecular formula is C31H35N7O3. The van der Waals surface area contributed by atoms with Crippen molar-refractivity contribution < 1.29 is 14.2 Å². The van der Waals surface area contributed by atoms with Crippen LogP contribution >= 0.6 is 0 Å². The fraction of sp³-hybridized carbons (Fsp3) is 0.419. The largest absolute Gasteiger partial charge is 0.497 e. The number of benzene rings is 2. The van der Waals surface area contributed by atoms with Crippen molar-refractivity contribution in [3.63, 3.8) is 0 Å². The number of hydrogen-bond donors (Lipinski definition) is 0. The van der Waals surface area contributed by atoms with Crippen molar-refractivity contribution in [2.75, 3.05) is 51.9 Å². The highest BCUT2D eigenvalue weighted by molar-refractivity contribution is 5.82. The topological polar surface area (TPSA) is 102 Å². The molecular weight excluding hydrogens is 518 g/mol. The first-order valence-corrected chi connectivity index (χ1v) is 14.2. The van der Waals surface area contributed by atoms with E-state index < -0.39 is 0 Å². The summed E-state index contributed by atoms with van der Waals surface area (Å²) in [6.45, 7) is 4.05. The molecule has 2 aliphatic rings. The zero-order chi connectivity index (χ0) is 28.2. The van der Waals surface area contributed by atoms with Gasteiger partial charge in [0.05, 0.1) is 55.3 Å². The first-order valence-electron chi connectivity index (χ1n) is 14.2. The molecule has 2 aromatic heterocycles. The van der Waals surface area contributed by atoms with Crippen LogP contribution in [0.1, 0.15) is 31.9 Å². The van der Waals surface area contributed by atoms with Gasteiger partial charge in [0.1, 0.15) is 17.7 Å². The number of nitriles is 1. The molecule has 0 spiro atoms. The SMILES string of the molecule is COc1cc(OC)cc(N(CCN2CCC(C#N)C2)c2ccc3ncc(-c4cnn(C5CCCCO5)c4)nc3c2)c1. The second kappa shape index (κ2) is 12.1. The third-order valence-corrected chi connectivity index (χ3v) is 7.93. The lowest BCUT2D eigenvalue weighted by Crippen LogP contribution is -2.31. The van der Waals surface area contributed by atoms with Crippen LogP contribution in [0.2, 0.25) is 0 Å². The van der Waals surface area contributed by atoms with E-state index in [0.29, 0.717) is 0 Å². The number of anilines is 2. The Balaban J connectivity index is 1.32. The van der Waals surface area contributed by atoms with Gasteiger partial charge in [-0.3, -0.25) is 4.98 Å². The molecule has 6 rings (SSSR count). The molecule has 0 N–H and O–H groups in total. The van der Waals surface area contributed by atoms with Crippen molar-refractivity contribution in [3.8, 4) is 28.8 Å². The Morgan fingerprint density at radius 3 is 2.61 bits per heavy atom. The third kappa shape index (κ3) is 5.97. The van der Waals surface area contributed by atoms with Crippen LogP contribution in [0.5, 0.6) is 11.5 Å². The van der Waals surface area contributed by atoms with E-state index in [9.17, 15) is 5.26 Å². The molecule has 0 amide bonds. The normalized spacial score (nSPS) is 19.2. The van der Waals surface area contributed by atoms with E-state index in [1.54, 1.807) is 20.4 Å². The molecule has 2 atom stereocenters. The van der Waals surface area contributed by atoms with E-state index in [1.165, 1.54) is 0 Å². The molecule has 2 aliphatic heterocycles. The van der Waals surface area contributed by atoms with Crippen LogP contribution in [-0.2, 0) is 4.74 Å². The first kappa shape index (κ1) is 27.0. The van der Waals surface area contributed by atoms with E-state index in [0.717, 1.165) is 104 Å². The number of fused-ring (bicyclic) bond motifs is 1. The van der Waals surface area contributed by atoms with E-state index in [-0.39, 0.29) is 12.1 Å². The molecule has 2 aromatic carbocycles. The maximum atomic E-state index is 9.37. The molecule has 0 radical (unpaired) electrons. The minimum absolute atomic E-state index is 0.0232. The predicted molar refractivity (Wildman–Crippen MR) is 156 cm³/mol. The first-order chi connectivity index (χ1) is 20.1. The van der Waals surface area contributed by atoms with Gasteiger partial charge in [-0.1, -0.05) is 0 Å². The summed E-state index contributed by atoms with van der Waals surface area (Å²) < 4.78 is 18.9. The maximum Gasteiger partial charge on any atom is 0.150 e. The molecule has 0 saturated carbocycles. The summed E-state index contributed by atoms with van der Waals surface area (Å²) in [6.07, 6.45) is 9.73. The average molecular weight is 554 g/mol. The monoisotopic (exact) mass is 553 g/mol. The van der Waals surface area contributed by atoms with Gasteiger partial charge >= 0.3 is 0 Å². The predicted octanol–water partition coefficient (Wildman–Crippen LogP) is 5.19. The van der Waals surface area contributed by atoms with E-state index in [4.69, 9.17) is 24.2 Å². The van der Waals surface area contributed by atoms with Crippen LogP contribution in [0.25, 0.3) is 22.3 Å². The highest BCUT2D eigenvalue weighted by Crippen LogP contribution is 2.34. The fourth-order valence-electron chi connectivity index (χ4n) is 5.61. The smallest absolute Gasteiger partial charge is 0.150 e. The zero-order valence-electron chi connectivity index (χ0n) is 23.6. The number of hydrogen-bond acceptors (Lipinski definition) is 9. The summed E-state index contributed by atoms with van der Waals surface area (Å²) in [5, 5.41) is 13.9. The quantitative estimate of drug-likeness (QED) is 0.277. The summed E-state index contributed by atoms with van der Waals surface area (Å²) in [6, 6.07) is 14.5. The Bertz CT molecular complexity index is 1520. The summed E-state index contributed by atoms with van der Waals surface area (Å²) in [4.78, 5) is 14.3. The number of methoxy groups -OCH3 is 2. The second-order valence-corrected chi connectivity index (χ2v) is 10.6. The van der Waals surface area contributed by atoms with Crippen molar-refractivity contribution in [1.82, 2.24) is 24.6 Å². The van der Waals surface area contributed by atoms with E-state index in [2.05, 4.69) is 33.1 Å². The molecule has 41 heavy (non-hydrogen) atoms. The van der Waals surface area contributed by atoms with Crippen LogP contribution < -0.4 is 14.4 Å². The van der Waals surface area contributed by atoms with Crippen molar-refractivity contribution in [2.45, 2.75) is 31.9 Å². The Hall–Kier alpha value is -4.20. The zero-order valence-corrected chi connectivity index (χ0v) is 23.6. The second-order valence-electron chi connectivity index (χ2n) is 10.6. The summed E-state index contributed by atoms with van der Waals surface area (Å²) in [7, 11) is 3.32. The molecule has 10 heteroatoms. The lowest BCUT2D eigenvalue weighted by Gasteiger charge is -2.28. The number of rotatable bonds is 9. The number of ether oxygens (including phenoxy) is 3. The summed E-state index contributed by atoms with van der Waals surface area (Å²) >= 11 is 0. The molecule has 2 unspecified atom stereocenters. The van der Waals surface area contributed by atoms with Gasteiger partial charge in [0.15, 0.2) is 0 Å². The summed E-state index contributed by atoms with van der Waals surface area (Å²) in [5.41, 5.74) is 5.24. The lowest BCUT2D eigenvalue weighted by molar-refractivity contribution is -0.0394. The van der Waals surface area contributed by atoms with Gasteiger partial charge in [0.2, 0.25) is 0 Å². The van der Waals surface area contributed by atoms with Crippen molar-refractivity contribution in [3.05, 3.63) is 55.0 Å². The Labute approximate surface area is 240 Å². The minimum Gasteiger partial charge on any atom is -0.497 e. The van der Waals surface area contributed by atoms with Gasteiger partial charge < -0.3 is 24.0 Å². The number of nitrogens with zero attached hydrogens (tertiary/aromatic N) is 7. The molecule has 0 aliphatic carbocycles. The fourth-order valence-corrected chi connectivity index (χ4v) is 5.61. The van der Waals surface area contributed by atoms with Crippen LogP contribution in [0.4, 0.5) is 11.4 Å². The van der Waals surface area contributed by atoms with Gasteiger partial charge in [-0.25, -0.2) is 9.67 Å². The van der Waals surface area contributed by atoms with Crippen molar-refractivity contribution >= 4 is 22.4 Å². The van der Waals surface area contributed by atoms with E-state index >= 15 is 0 Å². The van der Waals surface area contributed by atoms with Crippen LogP contribution in [-0.4, -0.2) is 71.7 Å². The highest BCUT2D eigenvalue weighted by atomic mass is 16.5. The van der Waals surface area contributed by atoms with E-state index in [1.807, 2.05) is 41.3 Å². The summed E-state index contributed by atoms with van der Waals surface area (Å²) in [5.74, 6) is 1.54. The molecule has 2 fully saturated rings. The maximum absolute atomic E-state index is 9.37. The molecule has 212 valence electrons. The molecule has 4 aromatic rings. The highest BCUT2D eigenvalue weighted by Gasteiger charge is 2.23. The van der Waals surface area contributed by atoms with Gasteiger partial charge in [-0.2, -0.15) is 10.4 Å². The molecule has 2 saturated heterocycles. The lowest BCUT2D eigenvalue weighted by atomic mass is 10.1. The van der Waals surface area contributed by atoms with Gasteiger partial charge in [0, 0.05) is 67.6 Å². The van der Waals surface area contributed by atoms with Gasteiger partial charge in [0.25, 0.3) is 0 Å². The standard InChI is InChI=1S/C31H35N7O3/c1-39-26-13-25(14-27(16-26)40-2)37(11-10-36-9-8-22(17-32)20-36)24-6-7-28-29(15-24)35-30(19-33-28)23-18-34-38(21-23)31-5-3-4-12-41-31/h6-7,13-16,18-19,21-22,31H,3-5,8-12,20H2,1-2H3. The number of likely N-dealkylation sites (tertiary alicyclic amines) is 1. The Morgan fingerprint density at radius 1 is 1.02 bits per heavy atom. The van der Waals surface area contributed by atoms with Crippen molar-refractivity contribution in [1.29, 1.82) is 5.26 Å². The molecule has 10 nitrogen and oxygen atoms in total. The number of aromatic nitrogens is 4. The Kier molecular flexibility index (Phi) is 7.98. The van der Waals surface area contributed by atoms with Crippen LogP contribution in [0.15, 0.2) is 55.0 Å². The van der Waals surface area contributed by atoms with Crippen molar-refractivity contribution in [2.24, 2.45) is 5.92 Å². The van der Waals surface area contributed by atoms with Gasteiger partial charge in [-0.05, 0) is 50.4 Å². The third-order valence-electron chi connectivity index (χ3n) is 7.93. The van der Waals surface area contributed by atoms with Crippen LogP contribution in [0.3, 0.4) is 0 Å². The molecule has 0 bridgehead atoms.